The van der Waals surface area contributed by atoms with Crippen LogP contribution in [-0.2, 0) is 10.0 Å². The number of piperidine rings is 1. The Bertz CT molecular complexity index is 1020. The number of amides is 2. The molecule has 4 rings (SSSR count). The quantitative estimate of drug-likeness (QED) is 0.804. The van der Waals surface area contributed by atoms with Crippen molar-refractivity contribution in [3.63, 3.8) is 0 Å². The number of carbonyl (C=O) groups excluding carboxylic acids is 1. The highest BCUT2D eigenvalue weighted by Crippen LogP contribution is 2.43. The molecule has 148 valence electrons. The molecule has 2 aliphatic heterocycles. The Morgan fingerprint density at radius 2 is 1.79 bits per heavy atom. The van der Waals surface area contributed by atoms with E-state index in [1.807, 2.05) is 26.0 Å². The van der Waals surface area contributed by atoms with E-state index in [1.165, 1.54) is 17.0 Å². The zero-order valence-corrected chi connectivity index (χ0v) is 17.2. The summed E-state index contributed by atoms with van der Waals surface area (Å²) in [7, 11) is -1.76. The molecule has 0 aromatic heterocycles. The number of aryl methyl sites for hydroxylation is 2. The Balaban J connectivity index is 1.66. The number of nitrogens with one attached hydrogen (secondary N) is 2. The monoisotopic (exact) mass is 400 g/mol. The summed E-state index contributed by atoms with van der Waals surface area (Å²) in [5.74, 6) is 0.233. The normalized spacial score (nSPS) is 23.8. The summed E-state index contributed by atoms with van der Waals surface area (Å²) in [4.78, 5) is 16.3. The highest BCUT2D eigenvalue weighted by Gasteiger charge is 2.46. The van der Waals surface area contributed by atoms with Crippen molar-refractivity contribution in [1.29, 1.82) is 0 Å². The summed E-state index contributed by atoms with van der Waals surface area (Å²) in [6, 6.07) is 12.0. The van der Waals surface area contributed by atoms with Gasteiger partial charge in [-0.05, 0) is 37.6 Å². The molecule has 2 N–H and O–H groups in total. The molecule has 0 spiro atoms. The van der Waals surface area contributed by atoms with Crippen LogP contribution < -0.4 is 14.5 Å². The lowest BCUT2D eigenvalue weighted by Gasteiger charge is -2.34. The number of carbonyl (C=O) groups is 1. The van der Waals surface area contributed by atoms with Crippen LogP contribution in [0, 0.1) is 13.8 Å². The van der Waals surface area contributed by atoms with Gasteiger partial charge in [-0.25, -0.2) is 17.9 Å². The van der Waals surface area contributed by atoms with Gasteiger partial charge in [-0.2, -0.15) is 0 Å². The molecule has 3 atom stereocenters. The van der Waals surface area contributed by atoms with Crippen molar-refractivity contribution in [2.24, 2.45) is 0 Å². The van der Waals surface area contributed by atoms with Crippen molar-refractivity contribution in [2.75, 3.05) is 25.0 Å². The number of likely N-dealkylation sites (tertiary alicyclic amines) is 1. The van der Waals surface area contributed by atoms with Crippen LogP contribution in [0.5, 0.6) is 0 Å². The lowest BCUT2D eigenvalue weighted by molar-refractivity contribution is -0.886. The molecule has 0 bridgehead atoms. The number of sulfonamides is 1. The standard InChI is InChI=1S/C21H25N3O3S/c1-14-4-7-16(8-5-14)28(26,27)22-21(25)24-19-9-6-15(2)12-17(19)18-13-23(3)11-10-20(18)24/h4-9,12,18,20H,10-11,13H2,1-3H3,(H,22,25)/p+1/t18-,20-/m1/s1. The first-order valence-corrected chi connectivity index (χ1v) is 11.1. The van der Waals surface area contributed by atoms with Crippen LogP contribution in [0.15, 0.2) is 47.4 Å². The molecule has 2 aromatic carbocycles. The average molecular weight is 401 g/mol. The number of likely N-dealkylation sites (N-methyl/N-ethyl adjacent to an activating group) is 1. The van der Waals surface area contributed by atoms with E-state index < -0.39 is 16.1 Å². The van der Waals surface area contributed by atoms with Crippen molar-refractivity contribution in [3.8, 4) is 0 Å². The van der Waals surface area contributed by atoms with Gasteiger partial charge in [0, 0.05) is 12.1 Å². The minimum Gasteiger partial charge on any atom is -0.337 e. The predicted molar refractivity (Wildman–Crippen MR) is 108 cm³/mol. The third-order valence-corrected chi connectivity index (χ3v) is 7.18. The first-order chi connectivity index (χ1) is 13.3. The van der Waals surface area contributed by atoms with Gasteiger partial charge in [0.15, 0.2) is 0 Å². The molecule has 2 amide bonds. The van der Waals surface area contributed by atoms with E-state index in [0.29, 0.717) is 0 Å². The average Bonchev–Trinajstić information content (AvgIpc) is 2.95. The molecule has 28 heavy (non-hydrogen) atoms. The minimum atomic E-state index is -3.92. The Labute approximate surface area is 166 Å². The maximum atomic E-state index is 13.1. The number of anilines is 1. The molecule has 7 heteroatoms. The summed E-state index contributed by atoms with van der Waals surface area (Å²) >= 11 is 0. The molecule has 0 saturated carbocycles. The summed E-state index contributed by atoms with van der Waals surface area (Å²) in [6.07, 6.45) is 0.849. The number of rotatable bonds is 2. The number of urea groups is 1. The summed E-state index contributed by atoms with van der Waals surface area (Å²) in [5.41, 5.74) is 4.08. The van der Waals surface area contributed by atoms with Gasteiger partial charge < -0.3 is 4.90 Å². The number of hydrogen-bond donors (Lipinski definition) is 2. The molecule has 2 aromatic rings. The van der Waals surface area contributed by atoms with Gasteiger partial charge in [-0.3, -0.25) is 4.90 Å². The fourth-order valence-electron chi connectivity index (χ4n) is 4.40. The molecule has 1 fully saturated rings. The van der Waals surface area contributed by atoms with Crippen molar-refractivity contribution in [1.82, 2.24) is 4.72 Å². The lowest BCUT2D eigenvalue weighted by Crippen LogP contribution is -3.11. The predicted octanol–water partition coefficient (Wildman–Crippen LogP) is 1.59. The van der Waals surface area contributed by atoms with Crippen LogP contribution in [-0.4, -0.2) is 40.6 Å². The zero-order chi connectivity index (χ0) is 20.1. The van der Waals surface area contributed by atoms with Crippen LogP contribution in [0.1, 0.15) is 29.0 Å². The third kappa shape index (κ3) is 3.29. The van der Waals surface area contributed by atoms with Crippen LogP contribution in [0.3, 0.4) is 0 Å². The second kappa shape index (κ2) is 6.90. The van der Waals surface area contributed by atoms with Crippen LogP contribution in [0.4, 0.5) is 10.5 Å². The SMILES string of the molecule is Cc1ccc(S(=O)(=O)NC(=O)N2c3ccc(C)cc3[C@H]3C[NH+](C)CC[C@H]32)cc1. The molecular formula is C21H26N3O3S+. The van der Waals surface area contributed by atoms with E-state index >= 15 is 0 Å². The van der Waals surface area contributed by atoms with Crippen LogP contribution >= 0.6 is 0 Å². The second-order valence-corrected chi connectivity index (χ2v) is 9.71. The maximum absolute atomic E-state index is 13.1. The highest BCUT2D eigenvalue weighted by atomic mass is 32.2. The Morgan fingerprint density at radius 1 is 1.11 bits per heavy atom. The Hall–Kier alpha value is -2.38. The lowest BCUT2D eigenvalue weighted by atomic mass is 9.89. The van der Waals surface area contributed by atoms with Gasteiger partial charge in [0.1, 0.15) is 0 Å². The summed E-state index contributed by atoms with van der Waals surface area (Å²) < 4.78 is 27.7. The fraction of sp³-hybridized carbons (Fsp3) is 0.381. The molecule has 1 unspecified atom stereocenters. The highest BCUT2D eigenvalue weighted by molar-refractivity contribution is 7.90. The Morgan fingerprint density at radius 3 is 2.50 bits per heavy atom. The molecule has 1 saturated heterocycles. The number of nitrogens with zero attached hydrogens (tertiary/aromatic N) is 1. The largest absolute Gasteiger partial charge is 0.337 e. The third-order valence-electron chi connectivity index (χ3n) is 5.85. The van der Waals surface area contributed by atoms with E-state index in [0.717, 1.165) is 41.9 Å². The number of hydrogen-bond acceptors (Lipinski definition) is 3. The van der Waals surface area contributed by atoms with E-state index in [9.17, 15) is 13.2 Å². The summed E-state index contributed by atoms with van der Waals surface area (Å²) in [6.45, 7) is 5.83. The van der Waals surface area contributed by atoms with Crippen molar-refractivity contribution in [3.05, 3.63) is 59.2 Å². The van der Waals surface area contributed by atoms with Crippen molar-refractivity contribution < 1.29 is 18.1 Å². The number of quaternary nitrogens is 1. The molecule has 2 aliphatic rings. The summed E-state index contributed by atoms with van der Waals surface area (Å²) in [5, 5.41) is 0. The van der Waals surface area contributed by atoms with E-state index in [-0.39, 0.29) is 16.9 Å². The molecule has 0 radical (unpaired) electrons. The molecule has 6 nitrogen and oxygen atoms in total. The Kier molecular flexibility index (Phi) is 4.67. The first-order valence-electron chi connectivity index (χ1n) is 9.61. The zero-order valence-electron chi connectivity index (χ0n) is 16.4. The van der Waals surface area contributed by atoms with Gasteiger partial charge in [0.25, 0.3) is 10.0 Å². The van der Waals surface area contributed by atoms with E-state index in [1.54, 1.807) is 17.0 Å². The van der Waals surface area contributed by atoms with Gasteiger partial charge in [0.2, 0.25) is 0 Å². The van der Waals surface area contributed by atoms with Crippen molar-refractivity contribution >= 4 is 21.7 Å². The van der Waals surface area contributed by atoms with Gasteiger partial charge in [0.05, 0.1) is 37.0 Å². The number of benzene rings is 2. The minimum absolute atomic E-state index is 0.00582. The van der Waals surface area contributed by atoms with Crippen molar-refractivity contribution in [2.45, 2.75) is 37.1 Å². The van der Waals surface area contributed by atoms with E-state index in [4.69, 9.17) is 0 Å². The molecule has 2 heterocycles. The number of fused-ring (bicyclic) bond motifs is 3. The maximum Gasteiger partial charge on any atom is 0.336 e. The van der Waals surface area contributed by atoms with Gasteiger partial charge >= 0.3 is 6.03 Å². The van der Waals surface area contributed by atoms with Crippen LogP contribution in [0.2, 0.25) is 0 Å². The first kappa shape index (κ1) is 19.0. The van der Waals surface area contributed by atoms with Crippen LogP contribution in [0.25, 0.3) is 0 Å². The second-order valence-electron chi connectivity index (χ2n) is 8.03. The van der Waals surface area contributed by atoms with Gasteiger partial charge in [-0.1, -0.05) is 35.4 Å². The fourth-order valence-corrected chi connectivity index (χ4v) is 5.35. The van der Waals surface area contributed by atoms with E-state index in [2.05, 4.69) is 17.8 Å². The molecule has 0 aliphatic carbocycles. The van der Waals surface area contributed by atoms with Gasteiger partial charge in [-0.15, -0.1) is 0 Å². The topological polar surface area (TPSA) is 70.9 Å². The smallest absolute Gasteiger partial charge is 0.336 e. The molecular weight excluding hydrogens is 374 g/mol.